The van der Waals surface area contributed by atoms with Crippen LogP contribution in [0.3, 0.4) is 0 Å². The van der Waals surface area contributed by atoms with Crippen molar-refractivity contribution in [3.63, 3.8) is 0 Å². The third-order valence-corrected chi connectivity index (χ3v) is 3.35. The van der Waals surface area contributed by atoms with Gasteiger partial charge in [0.15, 0.2) is 0 Å². The van der Waals surface area contributed by atoms with E-state index in [9.17, 15) is 0 Å². The van der Waals surface area contributed by atoms with Gasteiger partial charge in [0.2, 0.25) is 0 Å². The molecule has 5 heteroatoms. The van der Waals surface area contributed by atoms with E-state index >= 15 is 0 Å². The number of nitrogens with zero attached hydrogens (tertiary/aromatic N) is 2. The van der Waals surface area contributed by atoms with Crippen LogP contribution in [-0.2, 0) is 0 Å². The molecule has 1 aromatic heterocycles. The number of hydrogen-bond acceptors (Lipinski definition) is 3. The van der Waals surface area contributed by atoms with Crippen molar-refractivity contribution in [1.29, 1.82) is 0 Å². The highest BCUT2D eigenvalue weighted by Crippen LogP contribution is 2.30. The predicted molar refractivity (Wildman–Crippen MR) is 78.6 cm³/mol. The zero-order valence-corrected chi connectivity index (χ0v) is 12.5. The van der Waals surface area contributed by atoms with Gasteiger partial charge >= 0.3 is 0 Å². The van der Waals surface area contributed by atoms with Gasteiger partial charge in [0.1, 0.15) is 17.3 Å². The van der Waals surface area contributed by atoms with Gasteiger partial charge in [-0.1, -0.05) is 41.4 Å². The SMILES string of the molecule is CC(C)c1c(Cl)ncnc1Nc1ccc(Br)cc1. The summed E-state index contributed by atoms with van der Waals surface area (Å²) in [5.74, 6) is 1.02. The van der Waals surface area contributed by atoms with Crippen molar-refractivity contribution >= 4 is 39.0 Å². The highest BCUT2D eigenvalue weighted by Gasteiger charge is 2.13. The standard InChI is InChI=1S/C13H13BrClN3/c1-8(2)11-12(15)16-7-17-13(11)18-10-5-3-9(14)4-6-10/h3-8H,1-2H3,(H,16,17,18). The van der Waals surface area contributed by atoms with Gasteiger partial charge in [-0.25, -0.2) is 9.97 Å². The van der Waals surface area contributed by atoms with E-state index in [1.165, 1.54) is 6.33 Å². The Kier molecular flexibility index (Phi) is 4.19. The summed E-state index contributed by atoms with van der Waals surface area (Å²) in [5.41, 5.74) is 1.90. The van der Waals surface area contributed by atoms with Crippen LogP contribution in [0, 0.1) is 0 Å². The molecule has 0 unspecified atom stereocenters. The quantitative estimate of drug-likeness (QED) is 0.826. The summed E-state index contributed by atoms with van der Waals surface area (Å²) >= 11 is 9.52. The lowest BCUT2D eigenvalue weighted by Gasteiger charge is -2.14. The highest BCUT2D eigenvalue weighted by molar-refractivity contribution is 9.10. The van der Waals surface area contributed by atoms with E-state index < -0.39 is 0 Å². The Balaban J connectivity index is 2.34. The number of anilines is 2. The molecule has 1 aromatic carbocycles. The molecule has 0 saturated heterocycles. The summed E-state index contributed by atoms with van der Waals surface area (Å²) in [4.78, 5) is 8.28. The minimum Gasteiger partial charge on any atom is -0.340 e. The van der Waals surface area contributed by atoms with Gasteiger partial charge in [-0.2, -0.15) is 0 Å². The van der Waals surface area contributed by atoms with E-state index in [2.05, 4.69) is 45.1 Å². The predicted octanol–water partition coefficient (Wildman–Crippen LogP) is 4.76. The smallest absolute Gasteiger partial charge is 0.138 e. The fraction of sp³-hybridized carbons (Fsp3) is 0.231. The zero-order chi connectivity index (χ0) is 13.1. The van der Waals surface area contributed by atoms with Gasteiger partial charge in [-0.15, -0.1) is 0 Å². The van der Waals surface area contributed by atoms with Crippen LogP contribution in [0.15, 0.2) is 35.1 Å². The van der Waals surface area contributed by atoms with Gasteiger partial charge in [0.05, 0.1) is 0 Å². The third-order valence-electron chi connectivity index (χ3n) is 2.52. The molecule has 0 aliphatic heterocycles. The maximum absolute atomic E-state index is 6.12. The molecule has 1 heterocycles. The summed E-state index contributed by atoms with van der Waals surface area (Å²) in [6, 6.07) is 7.90. The van der Waals surface area contributed by atoms with Crippen LogP contribution in [0.5, 0.6) is 0 Å². The van der Waals surface area contributed by atoms with Crippen LogP contribution in [0.2, 0.25) is 5.15 Å². The van der Waals surface area contributed by atoms with Gasteiger partial charge in [0.25, 0.3) is 0 Å². The molecule has 0 spiro atoms. The van der Waals surface area contributed by atoms with Crippen molar-refractivity contribution in [3.05, 3.63) is 45.8 Å². The Morgan fingerprint density at radius 1 is 1.17 bits per heavy atom. The highest BCUT2D eigenvalue weighted by atomic mass is 79.9. The number of halogens is 2. The van der Waals surface area contributed by atoms with Gasteiger partial charge in [-0.05, 0) is 30.2 Å². The molecule has 0 bridgehead atoms. The second kappa shape index (κ2) is 5.67. The molecule has 18 heavy (non-hydrogen) atoms. The molecule has 3 nitrogen and oxygen atoms in total. The molecule has 0 radical (unpaired) electrons. The van der Waals surface area contributed by atoms with Crippen molar-refractivity contribution in [2.24, 2.45) is 0 Å². The van der Waals surface area contributed by atoms with Crippen LogP contribution in [0.1, 0.15) is 25.3 Å². The first-order chi connectivity index (χ1) is 8.58. The molecule has 2 aromatic rings. The average molecular weight is 327 g/mol. The Morgan fingerprint density at radius 3 is 2.44 bits per heavy atom. The molecule has 0 fully saturated rings. The molecule has 0 aliphatic carbocycles. The minimum absolute atomic E-state index is 0.261. The Hall–Kier alpha value is -1.13. The first-order valence-electron chi connectivity index (χ1n) is 5.61. The lowest BCUT2D eigenvalue weighted by atomic mass is 10.1. The maximum Gasteiger partial charge on any atom is 0.138 e. The number of nitrogens with one attached hydrogen (secondary N) is 1. The first-order valence-corrected chi connectivity index (χ1v) is 6.78. The topological polar surface area (TPSA) is 37.8 Å². The Morgan fingerprint density at radius 2 is 1.83 bits per heavy atom. The fourth-order valence-corrected chi connectivity index (χ4v) is 2.27. The van der Waals surface area contributed by atoms with Crippen molar-refractivity contribution in [2.75, 3.05) is 5.32 Å². The Bertz CT molecular complexity index is 540. The molecule has 0 aliphatic rings. The van der Waals surface area contributed by atoms with Gasteiger partial charge in [0, 0.05) is 15.7 Å². The zero-order valence-electron chi connectivity index (χ0n) is 10.1. The molecule has 2 rings (SSSR count). The monoisotopic (exact) mass is 325 g/mol. The van der Waals surface area contributed by atoms with E-state index in [0.29, 0.717) is 5.15 Å². The van der Waals surface area contributed by atoms with Crippen molar-refractivity contribution in [2.45, 2.75) is 19.8 Å². The third kappa shape index (κ3) is 3.00. The average Bonchev–Trinajstić information content (AvgIpc) is 2.32. The van der Waals surface area contributed by atoms with E-state index in [1.54, 1.807) is 0 Å². The van der Waals surface area contributed by atoms with Crippen LogP contribution in [0.25, 0.3) is 0 Å². The second-order valence-electron chi connectivity index (χ2n) is 4.21. The van der Waals surface area contributed by atoms with Gasteiger partial charge < -0.3 is 5.32 Å². The fourth-order valence-electron chi connectivity index (χ4n) is 1.66. The number of hydrogen-bond donors (Lipinski definition) is 1. The molecular weight excluding hydrogens is 314 g/mol. The largest absolute Gasteiger partial charge is 0.340 e. The van der Waals surface area contributed by atoms with E-state index in [-0.39, 0.29) is 5.92 Å². The lowest BCUT2D eigenvalue weighted by Crippen LogP contribution is -2.02. The number of benzene rings is 1. The van der Waals surface area contributed by atoms with Crippen molar-refractivity contribution in [1.82, 2.24) is 9.97 Å². The molecule has 0 atom stereocenters. The van der Waals surface area contributed by atoms with Gasteiger partial charge in [-0.3, -0.25) is 0 Å². The molecule has 1 N–H and O–H groups in total. The molecular formula is C13H13BrClN3. The summed E-state index contributed by atoms with van der Waals surface area (Å²) in [6.07, 6.45) is 1.47. The van der Waals surface area contributed by atoms with E-state index in [4.69, 9.17) is 11.6 Å². The lowest BCUT2D eigenvalue weighted by molar-refractivity contribution is 0.850. The van der Waals surface area contributed by atoms with E-state index in [0.717, 1.165) is 21.5 Å². The maximum atomic E-state index is 6.12. The van der Waals surface area contributed by atoms with E-state index in [1.807, 2.05) is 24.3 Å². The summed E-state index contributed by atoms with van der Waals surface area (Å²) in [5, 5.41) is 3.77. The molecule has 0 amide bonds. The first kappa shape index (κ1) is 13.3. The van der Waals surface area contributed by atoms with Crippen LogP contribution in [0.4, 0.5) is 11.5 Å². The summed E-state index contributed by atoms with van der Waals surface area (Å²) in [6.45, 7) is 4.13. The minimum atomic E-state index is 0.261. The normalized spacial score (nSPS) is 10.7. The molecule has 94 valence electrons. The van der Waals surface area contributed by atoms with Crippen LogP contribution >= 0.6 is 27.5 Å². The van der Waals surface area contributed by atoms with Crippen LogP contribution in [-0.4, -0.2) is 9.97 Å². The van der Waals surface area contributed by atoms with Crippen molar-refractivity contribution in [3.8, 4) is 0 Å². The molecule has 0 saturated carbocycles. The van der Waals surface area contributed by atoms with Crippen LogP contribution < -0.4 is 5.32 Å². The second-order valence-corrected chi connectivity index (χ2v) is 5.49. The summed E-state index contributed by atoms with van der Waals surface area (Å²) in [7, 11) is 0. The number of aromatic nitrogens is 2. The summed E-state index contributed by atoms with van der Waals surface area (Å²) < 4.78 is 1.04. The number of rotatable bonds is 3. The van der Waals surface area contributed by atoms with Crippen molar-refractivity contribution < 1.29 is 0 Å². The Labute approximate surface area is 120 Å².